The van der Waals surface area contributed by atoms with E-state index in [1.54, 1.807) is 0 Å². The summed E-state index contributed by atoms with van der Waals surface area (Å²) in [5, 5.41) is 10.6. The van der Waals surface area contributed by atoms with Gasteiger partial charge in [0.1, 0.15) is 19.3 Å². The van der Waals surface area contributed by atoms with Gasteiger partial charge in [-0.25, -0.2) is 9.13 Å². The maximum atomic E-state index is 13.1. The fraction of sp³-hybridized carbons (Fsp3) is 0.735. The molecule has 17 nitrogen and oxygen atoms in total. The lowest BCUT2D eigenvalue weighted by Gasteiger charge is -2.21. The number of carbonyl (C=O) groups is 4. The van der Waals surface area contributed by atoms with Crippen LogP contribution < -0.4 is 0 Å². The predicted octanol–water partition coefficient (Wildman–Crippen LogP) is 23.3. The number of ether oxygens (including phenoxy) is 4. The Bertz CT molecular complexity index is 2360. The molecule has 0 heterocycles. The number of aliphatic hydroxyl groups is 1. The van der Waals surface area contributed by atoms with Crippen molar-refractivity contribution < 1.29 is 80.2 Å². The Morgan fingerprint density at radius 1 is 0.284 bits per heavy atom. The summed E-state index contributed by atoms with van der Waals surface area (Å²) in [4.78, 5) is 73.0. The number of rotatable bonds is 75. The molecule has 0 aliphatic heterocycles. The normalized spacial score (nSPS) is 14.5. The first-order chi connectivity index (χ1) is 49.7. The van der Waals surface area contributed by atoms with E-state index in [0.717, 1.165) is 148 Å². The van der Waals surface area contributed by atoms with Gasteiger partial charge in [0.2, 0.25) is 0 Å². The zero-order chi connectivity index (χ0) is 74.6. The molecule has 0 saturated heterocycles. The van der Waals surface area contributed by atoms with Crippen LogP contribution in [0.2, 0.25) is 0 Å². The minimum atomic E-state index is -4.99. The summed E-state index contributed by atoms with van der Waals surface area (Å²) in [5.41, 5.74) is 0. The molecule has 0 aliphatic rings. The van der Waals surface area contributed by atoms with Crippen LogP contribution in [-0.2, 0) is 65.4 Å². The van der Waals surface area contributed by atoms with Crippen LogP contribution in [0.1, 0.15) is 336 Å². The molecular weight excluding hydrogens is 1330 g/mol. The van der Waals surface area contributed by atoms with E-state index < -0.39 is 97.5 Å². The molecule has 0 aromatic rings. The molecule has 0 aromatic heterocycles. The van der Waals surface area contributed by atoms with Crippen molar-refractivity contribution in [1.82, 2.24) is 0 Å². The van der Waals surface area contributed by atoms with Crippen LogP contribution in [0.4, 0.5) is 0 Å². The van der Waals surface area contributed by atoms with Gasteiger partial charge in [-0.15, -0.1) is 0 Å². The second-order valence-corrected chi connectivity index (χ2v) is 29.5. The van der Waals surface area contributed by atoms with Crippen molar-refractivity contribution in [3.8, 4) is 0 Å². The monoisotopic (exact) mass is 1470 g/mol. The zero-order valence-electron chi connectivity index (χ0n) is 64.3. The van der Waals surface area contributed by atoms with Gasteiger partial charge in [0.25, 0.3) is 0 Å². The Morgan fingerprint density at radius 3 is 0.833 bits per heavy atom. The smallest absolute Gasteiger partial charge is 0.462 e. The first-order valence-corrected chi connectivity index (χ1v) is 43.1. The summed E-state index contributed by atoms with van der Waals surface area (Å²) in [6.45, 7) is 4.59. The highest BCUT2D eigenvalue weighted by Crippen LogP contribution is 2.45. The van der Waals surface area contributed by atoms with Gasteiger partial charge in [-0.3, -0.25) is 37.3 Å². The van der Waals surface area contributed by atoms with E-state index in [1.807, 2.05) is 12.2 Å². The number of hydrogen-bond donors (Lipinski definition) is 3. The Balaban J connectivity index is 5.41. The number of phosphoric ester groups is 2. The molecule has 0 aliphatic carbocycles. The summed E-state index contributed by atoms with van der Waals surface area (Å²) in [6, 6.07) is 0. The van der Waals surface area contributed by atoms with E-state index in [2.05, 4.69) is 125 Å². The number of carbonyl (C=O) groups excluding carboxylic acids is 4. The van der Waals surface area contributed by atoms with Gasteiger partial charge < -0.3 is 33.8 Å². The van der Waals surface area contributed by atoms with Gasteiger partial charge in [-0.05, 0) is 122 Å². The molecule has 102 heavy (non-hydrogen) atoms. The number of esters is 4. The second kappa shape index (κ2) is 75.0. The molecule has 0 amide bonds. The topological polar surface area (TPSA) is 237 Å². The lowest BCUT2D eigenvalue weighted by Crippen LogP contribution is -2.30. The lowest BCUT2D eigenvalue weighted by atomic mass is 10.0. The molecule has 0 spiro atoms. The second-order valence-electron chi connectivity index (χ2n) is 26.6. The largest absolute Gasteiger partial charge is 0.472 e. The van der Waals surface area contributed by atoms with E-state index >= 15 is 0 Å². The number of hydrogen-bond acceptors (Lipinski definition) is 15. The summed E-state index contributed by atoms with van der Waals surface area (Å²) < 4.78 is 68.6. The van der Waals surface area contributed by atoms with E-state index in [1.165, 1.54) is 103 Å². The molecule has 3 N–H and O–H groups in total. The summed E-state index contributed by atoms with van der Waals surface area (Å²) >= 11 is 0. The molecule has 0 fully saturated rings. The van der Waals surface area contributed by atoms with Gasteiger partial charge in [0.15, 0.2) is 12.2 Å². The van der Waals surface area contributed by atoms with Gasteiger partial charge in [0, 0.05) is 25.7 Å². The maximum Gasteiger partial charge on any atom is 0.472 e. The van der Waals surface area contributed by atoms with Crippen LogP contribution in [0.25, 0.3) is 0 Å². The van der Waals surface area contributed by atoms with Gasteiger partial charge in [-0.2, -0.15) is 0 Å². The van der Waals surface area contributed by atoms with Crippen LogP contribution in [0.5, 0.6) is 0 Å². The average molecular weight is 1480 g/mol. The van der Waals surface area contributed by atoms with E-state index in [0.29, 0.717) is 32.1 Å². The quantitative estimate of drug-likeness (QED) is 0.0169. The van der Waals surface area contributed by atoms with E-state index in [4.69, 9.17) is 37.0 Å². The highest BCUT2D eigenvalue weighted by molar-refractivity contribution is 7.47. The molecule has 588 valence electrons. The van der Waals surface area contributed by atoms with Gasteiger partial charge >= 0.3 is 39.5 Å². The van der Waals surface area contributed by atoms with Crippen molar-refractivity contribution in [3.05, 3.63) is 109 Å². The minimum Gasteiger partial charge on any atom is -0.462 e. The van der Waals surface area contributed by atoms with Crippen LogP contribution in [-0.4, -0.2) is 96.7 Å². The van der Waals surface area contributed by atoms with Crippen LogP contribution in [0.15, 0.2) is 109 Å². The molecular formula is C83H144O17P2. The third-order valence-corrected chi connectivity index (χ3v) is 18.6. The SMILES string of the molecule is CC/C=C\C/C=C\C/C=C\C/C=C\C/C=C\CCCC(=O)OCC(COP(=O)(O)OCC(O)COP(=O)(O)OCC(COC(=O)CCCCCCC/C=C\C/C=C\C/C=C\CC)OC(=O)CCCCCCCCCCCCCCCCC)OC(=O)CCCCCCC/C=C\CCCCCCCC. The van der Waals surface area contributed by atoms with Gasteiger partial charge in [-0.1, -0.05) is 298 Å². The zero-order valence-corrected chi connectivity index (χ0v) is 66.0. The number of allylic oxidation sites excluding steroid dienone is 18. The van der Waals surface area contributed by atoms with Crippen molar-refractivity contribution in [1.29, 1.82) is 0 Å². The van der Waals surface area contributed by atoms with Crippen molar-refractivity contribution in [3.63, 3.8) is 0 Å². The molecule has 0 bridgehead atoms. The van der Waals surface area contributed by atoms with Crippen LogP contribution in [0.3, 0.4) is 0 Å². The van der Waals surface area contributed by atoms with Crippen molar-refractivity contribution in [2.24, 2.45) is 0 Å². The van der Waals surface area contributed by atoms with Crippen molar-refractivity contribution in [2.45, 2.75) is 354 Å². The van der Waals surface area contributed by atoms with E-state index in [9.17, 15) is 43.2 Å². The summed E-state index contributed by atoms with van der Waals surface area (Å²) in [5.74, 6) is -2.25. The third-order valence-electron chi connectivity index (χ3n) is 16.7. The third kappa shape index (κ3) is 74.0. The lowest BCUT2D eigenvalue weighted by molar-refractivity contribution is -0.161. The molecule has 0 saturated carbocycles. The Labute approximate surface area is 619 Å². The molecule has 5 unspecified atom stereocenters. The van der Waals surface area contributed by atoms with E-state index in [-0.39, 0.29) is 25.7 Å². The molecule has 0 rings (SSSR count). The fourth-order valence-electron chi connectivity index (χ4n) is 10.7. The maximum absolute atomic E-state index is 13.1. The summed E-state index contributed by atoms with van der Waals surface area (Å²) in [6.07, 6.45) is 80.7. The molecule has 19 heteroatoms. The first-order valence-electron chi connectivity index (χ1n) is 40.1. The number of unbranched alkanes of at least 4 members (excludes halogenated alkanes) is 31. The summed E-state index contributed by atoms with van der Waals surface area (Å²) in [7, 11) is -9.97. The number of aliphatic hydroxyl groups excluding tert-OH is 1. The highest BCUT2D eigenvalue weighted by atomic mass is 31.2. The average Bonchev–Trinajstić information content (AvgIpc) is 0.923. The Morgan fingerprint density at radius 2 is 0.520 bits per heavy atom. The first kappa shape index (κ1) is 97.7. The van der Waals surface area contributed by atoms with Gasteiger partial charge in [0.05, 0.1) is 26.4 Å². The highest BCUT2D eigenvalue weighted by Gasteiger charge is 2.30. The predicted molar refractivity (Wildman–Crippen MR) is 418 cm³/mol. The van der Waals surface area contributed by atoms with Crippen molar-refractivity contribution in [2.75, 3.05) is 39.6 Å². The standard InChI is InChI=1S/C83H144O17P2/c1-5-9-13-17-21-25-29-33-37-38-42-44-48-52-56-60-64-68-81(86)94-74-79(100-83(88)70-66-62-58-54-50-46-41-36-32-28-24-20-16-12-8-4)76-98-102(91,92)96-72-77(84)71-95-101(89,90)97-75-78(99-82(87)69-65-61-57-53-49-45-40-35-31-27-23-19-15-11-7-3)73-93-80(85)67-63-59-55-51-47-43-39-34-30-26-22-18-14-10-6-2/h9-10,13-14,21-22,25-26,33-34,36-37,39,41-42,44,52,56,77-79,84H,5-8,11-12,15-20,23-24,27-32,35,38,40,43,45-51,53-55,57-76H2,1-4H3,(H,89,90)(H,91,92)/b13-9-,14-10-,25-21-,26-22-,37-33-,39-34-,41-36-,44-42-,56-52-. The van der Waals surface area contributed by atoms with Crippen LogP contribution >= 0.6 is 15.6 Å². The number of phosphoric acid groups is 2. The fourth-order valence-corrected chi connectivity index (χ4v) is 12.3. The van der Waals surface area contributed by atoms with Crippen LogP contribution in [0, 0.1) is 0 Å². The Kier molecular flexibility index (Phi) is 71.8. The van der Waals surface area contributed by atoms with Crippen molar-refractivity contribution >= 4 is 39.5 Å². The minimum absolute atomic E-state index is 0.0723. The Hall–Kier alpha value is -4.28. The molecule has 5 atom stereocenters. The molecule has 0 radical (unpaired) electrons. The molecule has 0 aromatic carbocycles.